The van der Waals surface area contributed by atoms with Crippen LogP contribution >= 0.6 is 11.6 Å². The normalized spacial score (nSPS) is 11.0. The zero-order valence-corrected chi connectivity index (χ0v) is 18.2. The molecule has 1 N–H and O–H groups in total. The second kappa shape index (κ2) is 8.82. The molecule has 0 aliphatic heterocycles. The number of carbonyl (C=O) groups excluding carboxylic acids is 1. The number of carbonyl (C=O) groups is 1. The van der Waals surface area contributed by atoms with Gasteiger partial charge in [-0.2, -0.15) is 9.78 Å². The minimum absolute atomic E-state index is 0.00463. The van der Waals surface area contributed by atoms with Crippen LogP contribution in [0.2, 0.25) is 5.02 Å². The van der Waals surface area contributed by atoms with Gasteiger partial charge in [0.15, 0.2) is 11.5 Å². The van der Waals surface area contributed by atoms with Gasteiger partial charge in [-0.25, -0.2) is 4.39 Å². The summed E-state index contributed by atoms with van der Waals surface area (Å²) in [6.07, 6.45) is 1.42. The molecular formula is C20H17ClFN7O4. The molecule has 11 nitrogen and oxygen atoms in total. The van der Waals surface area contributed by atoms with Crippen molar-refractivity contribution in [2.75, 3.05) is 5.32 Å². The van der Waals surface area contributed by atoms with Crippen LogP contribution < -0.4 is 5.32 Å². The summed E-state index contributed by atoms with van der Waals surface area (Å²) in [5, 5.41) is 25.7. The minimum atomic E-state index is -0.613. The van der Waals surface area contributed by atoms with Crippen molar-refractivity contribution in [3.05, 3.63) is 85.8 Å². The molecule has 0 saturated carbocycles. The van der Waals surface area contributed by atoms with Gasteiger partial charge in [0.2, 0.25) is 0 Å². The molecule has 4 rings (SSSR count). The van der Waals surface area contributed by atoms with E-state index in [1.165, 1.54) is 33.8 Å². The fraction of sp³-hybridized carbons (Fsp3) is 0.200. The SMILES string of the molecule is Cc1onc(C(=O)Nc2cc(C)n(Cc3c(F)cccc3Cl)n2)c1Cn1ccc([N+](=O)[O-])n1. The van der Waals surface area contributed by atoms with Crippen LogP contribution in [0.3, 0.4) is 0 Å². The molecule has 33 heavy (non-hydrogen) atoms. The molecule has 3 aromatic heterocycles. The van der Waals surface area contributed by atoms with Crippen LogP contribution in [0.25, 0.3) is 0 Å². The van der Waals surface area contributed by atoms with Crippen molar-refractivity contribution in [2.24, 2.45) is 0 Å². The predicted molar refractivity (Wildman–Crippen MR) is 115 cm³/mol. The summed E-state index contributed by atoms with van der Waals surface area (Å²) in [5.74, 6) is -0.756. The summed E-state index contributed by atoms with van der Waals surface area (Å²) >= 11 is 6.09. The number of rotatable bonds is 7. The fourth-order valence-corrected chi connectivity index (χ4v) is 3.42. The van der Waals surface area contributed by atoms with Gasteiger partial charge < -0.3 is 20.0 Å². The van der Waals surface area contributed by atoms with E-state index in [9.17, 15) is 19.3 Å². The van der Waals surface area contributed by atoms with Crippen molar-refractivity contribution < 1.29 is 18.6 Å². The van der Waals surface area contributed by atoms with Crippen molar-refractivity contribution >= 4 is 29.1 Å². The maximum absolute atomic E-state index is 14.1. The highest BCUT2D eigenvalue weighted by Crippen LogP contribution is 2.22. The number of nitrogens with one attached hydrogen (secondary N) is 1. The van der Waals surface area contributed by atoms with Gasteiger partial charge in [0.1, 0.15) is 11.6 Å². The number of nitro groups is 1. The Labute approximate surface area is 190 Å². The van der Waals surface area contributed by atoms with E-state index in [1.54, 1.807) is 26.0 Å². The lowest BCUT2D eigenvalue weighted by Crippen LogP contribution is -2.16. The zero-order chi connectivity index (χ0) is 23.7. The number of amides is 1. The molecule has 1 amide bonds. The third kappa shape index (κ3) is 4.60. The van der Waals surface area contributed by atoms with Crippen LogP contribution in [0.5, 0.6) is 0 Å². The minimum Gasteiger partial charge on any atom is -0.361 e. The molecule has 0 unspecified atom stereocenters. The van der Waals surface area contributed by atoms with E-state index in [4.69, 9.17) is 16.1 Å². The third-order valence-electron chi connectivity index (χ3n) is 4.93. The Bertz CT molecular complexity index is 1340. The highest BCUT2D eigenvalue weighted by molar-refractivity contribution is 6.31. The van der Waals surface area contributed by atoms with Crippen LogP contribution in [-0.2, 0) is 13.1 Å². The standard InChI is InChI=1S/C20H17ClFN7O4/c1-11-8-17(24-28(11)10-14-15(21)4-3-5-16(14)22)23-20(30)19-13(12(2)33-26-19)9-27-7-6-18(25-27)29(31)32/h3-8H,9-10H2,1-2H3,(H,23,24,30). The highest BCUT2D eigenvalue weighted by Gasteiger charge is 2.23. The van der Waals surface area contributed by atoms with E-state index >= 15 is 0 Å². The first-order chi connectivity index (χ1) is 15.7. The fourth-order valence-electron chi connectivity index (χ4n) is 3.19. The summed E-state index contributed by atoms with van der Waals surface area (Å²) < 4.78 is 22.1. The summed E-state index contributed by atoms with van der Waals surface area (Å²) in [4.78, 5) is 23.1. The maximum Gasteiger partial charge on any atom is 0.389 e. The van der Waals surface area contributed by atoms with E-state index in [1.807, 2.05) is 0 Å². The molecule has 170 valence electrons. The Morgan fingerprint density at radius 1 is 1.24 bits per heavy atom. The lowest BCUT2D eigenvalue weighted by molar-refractivity contribution is -0.389. The number of hydrogen-bond donors (Lipinski definition) is 1. The smallest absolute Gasteiger partial charge is 0.361 e. The average molecular weight is 474 g/mol. The highest BCUT2D eigenvalue weighted by atomic mass is 35.5. The molecule has 0 fully saturated rings. The van der Waals surface area contributed by atoms with Crippen molar-refractivity contribution in [3.8, 4) is 0 Å². The van der Waals surface area contributed by atoms with Gasteiger partial charge in [-0.3, -0.25) is 9.48 Å². The van der Waals surface area contributed by atoms with Crippen LogP contribution in [0.1, 0.15) is 33.1 Å². The summed E-state index contributed by atoms with van der Waals surface area (Å²) in [6, 6.07) is 7.28. The van der Waals surface area contributed by atoms with Gasteiger partial charge in [-0.1, -0.05) is 22.8 Å². The molecule has 0 radical (unpaired) electrons. The molecule has 0 aliphatic carbocycles. The molecule has 4 aromatic rings. The topological polar surface area (TPSA) is 134 Å². The van der Waals surface area contributed by atoms with E-state index in [0.717, 1.165) is 0 Å². The molecule has 0 aliphatic rings. The third-order valence-corrected chi connectivity index (χ3v) is 5.28. The monoisotopic (exact) mass is 473 g/mol. The van der Waals surface area contributed by atoms with Crippen molar-refractivity contribution in [3.63, 3.8) is 0 Å². The van der Waals surface area contributed by atoms with E-state index in [2.05, 4.69) is 20.7 Å². The predicted octanol–water partition coefficient (Wildman–Crippen LogP) is 3.73. The van der Waals surface area contributed by atoms with Crippen molar-refractivity contribution in [1.29, 1.82) is 0 Å². The van der Waals surface area contributed by atoms with E-state index < -0.39 is 16.6 Å². The first-order valence-electron chi connectivity index (χ1n) is 9.64. The number of anilines is 1. The van der Waals surface area contributed by atoms with Gasteiger partial charge >= 0.3 is 5.82 Å². The van der Waals surface area contributed by atoms with Gasteiger partial charge in [0.25, 0.3) is 5.91 Å². The molecule has 13 heteroatoms. The number of nitrogens with zero attached hydrogens (tertiary/aromatic N) is 6. The lowest BCUT2D eigenvalue weighted by atomic mass is 10.2. The van der Waals surface area contributed by atoms with Crippen LogP contribution in [0.4, 0.5) is 16.0 Å². The number of aromatic nitrogens is 5. The van der Waals surface area contributed by atoms with Gasteiger partial charge in [-0.15, -0.1) is 0 Å². The number of aryl methyl sites for hydroxylation is 2. The average Bonchev–Trinajstić information content (AvgIpc) is 3.45. The first-order valence-corrected chi connectivity index (χ1v) is 10.0. The van der Waals surface area contributed by atoms with Crippen molar-refractivity contribution in [2.45, 2.75) is 26.9 Å². The Balaban J connectivity index is 1.52. The zero-order valence-electron chi connectivity index (χ0n) is 17.5. The maximum atomic E-state index is 14.1. The molecule has 0 saturated heterocycles. The molecule has 1 aromatic carbocycles. The van der Waals surface area contributed by atoms with E-state index in [0.29, 0.717) is 17.0 Å². The van der Waals surface area contributed by atoms with Gasteiger partial charge in [0, 0.05) is 22.3 Å². The summed E-state index contributed by atoms with van der Waals surface area (Å²) in [5.41, 5.74) is 1.37. The van der Waals surface area contributed by atoms with Gasteiger partial charge in [0.05, 0.1) is 36.0 Å². The molecule has 0 spiro atoms. The van der Waals surface area contributed by atoms with E-state index in [-0.39, 0.29) is 41.0 Å². The van der Waals surface area contributed by atoms with Crippen LogP contribution in [0, 0.1) is 29.8 Å². The van der Waals surface area contributed by atoms with Crippen molar-refractivity contribution in [1.82, 2.24) is 24.7 Å². The number of hydrogen-bond acceptors (Lipinski definition) is 7. The number of halogens is 2. The summed E-state index contributed by atoms with van der Waals surface area (Å²) in [7, 11) is 0. The Kier molecular flexibility index (Phi) is 5.92. The molecule has 3 heterocycles. The quantitative estimate of drug-likeness (QED) is 0.319. The molecule has 0 atom stereocenters. The first kappa shape index (κ1) is 22.1. The lowest BCUT2D eigenvalue weighted by Gasteiger charge is -2.07. The summed E-state index contributed by atoms with van der Waals surface area (Å²) in [6.45, 7) is 3.51. The number of benzene rings is 1. The second-order valence-corrected chi connectivity index (χ2v) is 7.58. The van der Waals surface area contributed by atoms with Gasteiger partial charge in [-0.05, 0) is 30.9 Å². The Morgan fingerprint density at radius 3 is 2.73 bits per heavy atom. The molecular weight excluding hydrogens is 457 g/mol. The Morgan fingerprint density at radius 2 is 2.03 bits per heavy atom. The van der Waals surface area contributed by atoms with Crippen LogP contribution in [0.15, 0.2) is 41.1 Å². The largest absolute Gasteiger partial charge is 0.389 e. The Hall–Kier alpha value is -4.06. The second-order valence-electron chi connectivity index (χ2n) is 7.18. The molecule has 0 bridgehead atoms. The van der Waals surface area contributed by atoms with Crippen LogP contribution in [-0.4, -0.2) is 35.5 Å².